The first kappa shape index (κ1) is 17.7. The number of nitrogens with zero attached hydrogens (tertiary/aromatic N) is 2. The Morgan fingerprint density at radius 3 is 2.57 bits per heavy atom. The summed E-state index contributed by atoms with van der Waals surface area (Å²) in [4.78, 5) is 11.0. The van der Waals surface area contributed by atoms with E-state index in [2.05, 4.69) is 0 Å². The molecule has 8 heteroatoms. The number of methoxy groups -OCH3 is 1. The summed E-state index contributed by atoms with van der Waals surface area (Å²) in [6.45, 7) is 4.22. The maximum atomic E-state index is 12.7. The van der Waals surface area contributed by atoms with Crippen molar-refractivity contribution < 1.29 is 23.1 Å². The Bertz CT molecular complexity index is 594. The van der Waals surface area contributed by atoms with E-state index in [1.165, 1.54) is 35.3 Å². The van der Waals surface area contributed by atoms with Crippen molar-refractivity contribution in [3.63, 3.8) is 0 Å². The lowest BCUT2D eigenvalue weighted by Gasteiger charge is -2.26. The predicted molar refractivity (Wildman–Crippen MR) is 77.9 cm³/mol. The van der Waals surface area contributed by atoms with Gasteiger partial charge >= 0.3 is 5.97 Å². The van der Waals surface area contributed by atoms with Gasteiger partial charge in [0.25, 0.3) is 0 Å². The van der Waals surface area contributed by atoms with Crippen LogP contribution in [-0.4, -0.2) is 54.7 Å². The minimum atomic E-state index is -3.75. The van der Waals surface area contributed by atoms with Gasteiger partial charge < -0.3 is 14.4 Å². The molecule has 1 aromatic rings. The zero-order valence-electron chi connectivity index (χ0n) is 12.7. The van der Waals surface area contributed by atoms with Crippen LogP contribution < -0.4 is 0 Å². The van der Waals surface area contributed by atoms with Gasteiger partial charge in [-0.2, -0.15) is 4.31 Å². The minimum Gasteiger partial charge on any atom is -0.477 e. The summed E-state index contributed by atoms with van der Waals surface area (Å²) >= 11 is 0. The number of rotatable bonds is 8. The standard InChI is InChI=1S/C13H22N2O5S/c1-5-10(2)15(6-7-20-4)21(18,19)11-8-12(13(16)17)14(3)9-11/h8-10H,5-7H2,1-4H3,(H,16,17). The average molecular weight is 318 g/mol. The van der Waals surface area contributed by atoms with Gasteiger partial charge in [0.05, 0.1) is 6.61 Å². The van der Waals surface area contributed by atoms with Crippen LogP contribution in [0.3, 0.4) is 0 Å². The summed E-state index contributed by atoms with van der Waals surface area (Å²) < 4.78 is 33.0. The molecule has 1 heterocycles. The Balaban J connectivity index is 3.22. The molecule has 7 nitrogen and oxygen atoms in total. The second-order valence-electron chi connectivity index (χ2n) is 4.84. The van der Waals surface area contributed by atoms with Crippen LogP contribution in [0.2, 0.25) is 0 Å². The summed E-state index contributed by atoms with van der Waals surface area (Å²) in [5, 5.41) is 9.03. The van der Waals surface area contributed by atoms with Crippen LogP contribution in [0.25, 0.3) is 0 Å². The number of hydrogen-bond acceptors (Lipinski definition) is 4. The van der Waals surface area contributed by atoms with Crippen molar-refractivity contribution in [2.45, 2.75) is 31.2 Å². The molecule has 0 radical (unpaired) electrons. The molecule has 0 saturated heterocycles. The molecule has 1 unspecified atom stereocenters. The van der Waals surface area contributed by atoms with E-state index in [0.29, 0.717) is 6.42 Å². The second kappa shape index (κ2) is 7.06. The summed E-state index contributed by atoms with van der Waals surface area (Å²) in [6, 6.07) is 0.985. The molecule has 0 aliphatic rings. The highest BCUT2D eigenvalue weighted by Gasteiger charge is 2.30. The maximum absolute atomic E-state index is 12.7. The first-order valence-corrected chi connectivity index (χ1v) is 8.10. The van der Waals surface area contributed by atoms with Gasteiger partial charge in [0.1, 0.15) is 10.6 Å². The molecule has 1 aromatic heterocycles. The zero-order chi connectivity index (χ0) is 16.2. The van der Waals surface area contributed by atoms with E-state index in [1.807, 2.05) is 13.8 Å². The first-order chi connectivity index (χ1) is 9.75. The Morgan fingerprint density at radius 2 is 2.14 bits per heavy atom. The predicted octanol–water partition coefficient (Wildman–Crippen LogP) is 1.16. The molecule has 0 bridgehead atoms. The number of aromatic nitrogens is 1. The fourth-order valence-corrected chi connectivity index (χ4v) is 3.75. The first-order valence-electron chi connectivity index (χ1n) is 6.66. The molecule has 120 valence electrons. The van der Waals surface area contributed by atoms with Gasteiger partial charge in [-0.3, -0.25) is 0 Å². The normalized spacial score (nSPS) is 13.6. The SMILES string of the molecule is CCC(C)N(CCOC)S(=O)(=O)c1cc(C(=O)O)n(C)c1. The Labute approximate surface area is 125 Å². The van der Waals surface area contributed by atoms with Crippen LogP contribution in [0, 0.1) is 0 Å². The number of aromatic carboxylic acids is 1. The number of carboxylic acid groups (broad SMARTS) is 1. The quantitative estimate of drug-likeness (QED) is 0.777. The minimum absolute atomic E-state index is 0.0150. The Kier molecular flexibility index (Phi) is 5.94. The lowest BCUT2D eigenvalue weighted by molar-refractivity contribution is 0.0686. The van der Waals surface area contributed by atoms with Gasteiger partial charge in [-0.1, -0.05) is 6.92 Å². The second-order valence-corrected chi connectivity index (χ2v) is 6.73. The van der Waals surface area contributed by atoms with E-state index in [9.17, 15) is 13.2 Å². The van der Waals surface area contributed by atoms with E-state index in [4.69, 9.17) is 9.84 Å². The Morgan fingerprint density at radius 1 is 1.52 bits per heavy atom. The van der Waals surface area contributed by atoms with Crippen LogP contribution in [0.1, 0.15) is 30.8 Å². The smallest absolute Gasteiger partial charge is 0.352 e. The average Bonchev–Trinajstić information content (AvgIpc) is 2.81. The van der Waals surface area contributed by atoms with Gasteiger partial charge in [-0.15, -0.1) is 0 Å². The molecule has 1 atom stereocenters. The van der Waals surface area contributed by atoms with Crippen molar-refractivity contribution in [2.24, 2.45) is 7.05 Å². The third-order valence-corrected chi connectivity index (χ3v) is 5.38. The molecular weight excluding hydrogens is 296 g/mol. The lowest BCUT2D eigenvalue weighted by Crippen LogP contribution is -2.40. The van der Waals surface area contributed by atoms with E-state index in [0.717, 1.165) is 0 Å². The molecule has 0 fully saturated rings. The third-order valence-electron chi connectivity index (χ3n) is 3.40. The number of carbonyl (C=O) groups is 1. The highest BCUT2D eigenvalue weighted by atomic mass is 32.2. The largest absolute Gasteiger partial charge is 0.477 e. The molecular formula is C13H22N2O5S. The van der Waals surface area contributed by atoms with Crippen LogP contribution in [0.4, 0.5) is 0 Å². The van der Waals surface area contributed by atoms with Crippen molar-refractivity contribution in [3.8, 4) is 0 Å². The van der Waals surface area contributed by atoms with Crippen LogP contribution in [0.15, 0.2) is 17.2 Å². The van der Waals surface area contributed by atoms with Crippen molar-refractivity contribution >= 4 is 16.0 Å². The monoisotopic (exact) mass is 318 g/mol. The summed E-state index contributed by atoms with van der Waals surface area (Å²) in [6.07, 6.45) is 1.97. The van der Waals surface area contributed by atoms with Crippen molar-refractivity contribution in [1.29, 1.82) is 0 Å². The summed E-state index contributed by atoms with van der Waals surface area (Å²) in [7, 11) is -0.739. The maximum Gasteiger partial charge on any atom is 0.352 e. The summed E-state index contributed by atoms with van der Waals surface area (Å²) in [5.41, 5.74) is -0.0654. The fraction of sp³-hybridized carbons (Fsp3) is 0.615. The van der Waals surface area contributed by atoms with Crippen LogP contribution in [-0.2, 0) is 21.8 Å². The van der Waals surface area contributed by atoms with Gasteiger partial charge in [0, 0.05) is 32.9 Å². The van der Waals surface area contributed by atoms with Crippen molar-refractivity contribution in [3.05, 3.63) is 18.0 Å². The molecule has 0 aliphatic carbocycles. The van der Waals surface area contributed by atoms with E-state index in [-0.39, 0.29) is 29.8 Å². The number of carboxylic acids is 1. The topological polar surface area (TPSA) is 88.8 Å². The highest BCUT2D eigenvalue weighted by molar-refractivity contribution is 7.89. The third kappa shape index (κ3) is 3.84. The van der Waals surface area contributed by atoms with Crippen LogP contribution >= 0.6 is 0 Å². The van der Waals surface area contributed by atoms with Crippen molar-refractivity contribution in [1.82, 2.24) is 8.87 Å². The number of aryl methyl sites for hydroxylation is 1. The van der Waals surface area contributed by atoms with E-state index >= 15 is 0 Å². The molecule has 0 amide bonds. The van der Waals surface area contributed by atoms with Crippen LogP contribution in [0.5, 0.6) is 0 Å². The highest BCUT2D eigenvalue weighted by Crippen LogP contribution is 2.21. The van der Waals surface area contributed by atoms with Gasteiger partial charge in [0.15, 0.2) is 0 Å². The molecule has 0 saturated carbocycles. The number of sulfonamides is 1. The lowest BCUT2D eigenvalue weighted by atomic mass is 10.3. The van der Waals surface area contributed by atoms with Gasteiger partial charge in [0.2, 0.25) is 10.0 Å². The van der Waals surface area contributed by atoms with E-state index < -0.39 is 16.0 Å². The molecule has 1 rings (SSSR count). The molecule has 0 aliphatic heterocycles. The molecule has 0 aromatic carbocycles. The number of ether oxygens (including phenoxy) is 1. The number of hydrogen-bond donors (Lipinski definition) is 1. The molecule has 21 heavy (non-hydrogen) atoms. The molecule has 1 N–H and O–H groups in total. The summed E-state index contributed by atoms with van der Waals surface area (Å²) in [5.74, 6) is -1.16. The Hall–Kier alpha value is -1.38. The zero-order valence-corrected chi connectivity index (χ0v) is 13.6. The van der Waals surface area contributed by atoms with Crippen molar-refractivity contribution in [2.75, 3.05) is 20.3 Å². The van der Waals surface area contributed by atoms with E-state index in [1.54, 1.807) is 0 Å². The van der Waals surface area contributed by atoms with Gasteiger partial charge in [-0.05, 0) is 19.4 Å². The molecule has 0 spiro atoms. The fourth-order valence-electron chi connectivity index (χ4n) is 1.99. The van der Waals surface area contributed by atoms with Gasteiger partial charge in [-0.25, -0.2) is 13.2 Å².